The van der Waals surface area contributed by atoms with Gasteiger partial charge in [0, 0.05) is 12.0 Å². The zero-order valence-electron chi connectivity index (χ0n) is 23.8. The summed E-state index contributed by atoms with van der Waals surface area (Å²) in [5.41, 5.74) is -0.151. The lowest BCUT2D eigenvalue weighted by molar-refractivity contribution is -0.235. The van der Waals surface area contributed by atoms with E-state index in [0.717, 1.165) is 19.3 Å². The zero-order chi connectivity index (χ0) is 29.1. The number of aliphatic hydroxyl groups is 3. The van der Waals surface area contributed by atoms with Crippen LogP contribution in [0.5, 0.6) is 17.2 Å². The molecule has 1 saturated heterocycles. The molecule has 0 amide bonds. The quantitative estimate of drug-likeness (QED) is 0.121. The van der Waals surface area contributed by atoms with Gasteiger partial charge >= 0.3 is 11.9 Å². The van der Waals surface area contributed by atoms with Gasteiger partial charge in [-0.15, -0.1) is 0 Å². The highest BCUT2D eigenvalue weighted by molar-refractivity contribution is 5.95. The Morgan fingerprint density at radius 2 is 1.50 bits per heavy atom. The van der Waals surface area contributed by atoms with Crippen molar-refractivity contribution in [1.82, 2.24) is 0 Å². The van der Waals surface area contributed by atoms with Crippen molar-refractivity contribution in [3.8, 4) is 17.2 Å². The maximum Gasteiger partial charge on any atom is 0.339 e. The van der Waals surface area contributed by atoms with Crippen molar-refractivity contribution in [2.75, 3.05) is 13.7 Å². The van der Waals surface area contributed by atoms with Gasteiger partial charge in [0.2, 0.25) is 5.75 Å². The highest BCUT2D eigenvalue weighted by Crippen LogP contribution is 2.50. The van der Waals surface area contributed by atoms with Crippen LogP contribution in [0.1, 0.15) is 119 Å². The van der Waals surface area contributed by atoms with Crippen LogP contribution in [-0.4, -0.2) is 70.5 Å². The molecule has 2 heterocycles. The molecule has 0 bridgehead atoms. The molecule has 2 aliphatic heterocycles. The Labute approximate surface area is 236 Å². The smallest absolute Gasteiger partial charge is 0.339 e. The van der Waals surface area contributed by atoms with Gasteiger partial charge in [-0.2, -0.15) is 0 Å². The maximum absolute atomic E-state index is 12.7. The number of rotatable bonds is 17. The summed E-state index contributed by atoms with van der Waals surface area (Å²) in [6, 6.07) is 1.24. The highest BCUT2D eigenvalue weighted by Gasteiger charge is 2.52. The number of ether oxygens (including phenoxy) is 4. The van der Waals surface area contributed by atoms with Gasteiger partial charge in [-0.25, -0.2) is 4.79 Å². The SMILES string of the molecule is CCCCCCCCCCCCCCCC(=O)Oc1cc2c(c(O)c1OC)C1OC(CO)C(O)C(O)C1OC2=O. The molecular formula is C30H46O10. The van der Waals surface area contributed by atoms with Crippen molar-refractivity contribution in [2.45, 2.75) is 127 Å². The van der Waals surface area contributed by atoms with Gasteiger partial charge in [-0.1, -0.05) is 84.0 Å². The molecule has 5 unspecified atom stereocenters. The Morgan fingerprint density at radius 3 is 2.05 bits per heavy atom. The van der Waals surface area contributed by atoms with E-state index >= 15 is 0 Å². The average Bonchev–Trinajstić information content (AvgIpc) is 2.94. The van der Waals surface area contributed by atoms with Crippen LogP contribution in [-0.2, 0) is 14.3 Å². The first kappa shape index (κ1) is 32.1. The lowest BCUT2D eigenvalue weighted by Gasteiger charge is -2.44. The molecule has 0 spiro atoms. The minimum absolute atomic E-state index is 0.0289. The van der Waals surface area contributed by atoms with E-state index in [4.69, 9.17) is 18.9 Å². The van der Waals surface area contributed by atoms with E-state index in [2.05, 4.69) is 6.92 Å². The maximum atomic E-state index is 12.7. The van der Waals surface area contributed by atoms with E-state index in [1.165, 1.54) is 71.0 Å². The zero-order valence-corrected chi connectivity index (χ0v) is 23.8. The van der Waals surface area contributed by atoms with Crippen LogP contribution >= 0.6 is 0 Å². The summed E-state index contributed by atoms with van der Waals surface area (Å²) < 4.78 is 21.7. The number of aliphatic hydroxyl groups excluding tert-OH is 3. The van der Waals surface area contributed by atoms with Gasteiger partial charge in [0.15, 0.2) is 17.6 Å². The second kappa shape index (κ2) is 16.1. The summed E-state index contributed by atoms with van der Waals surface area (Å²) >= 11 is 0. The first-order valence-electron chi connectivity index (χ1n) is 14.8. The van der Waals surface area contributed by atoms with Gasteiger partial charge in [-0.05, 0) is 12.5 Å². The van der Waals surface area contributed by atoms with Gasteiger partial charge in [0.25, 0.3) is 0 Å². The van der Waals surface area contributed by atoms with Gasteiger partial charge in [0.05, 0.1) is 19.3 Å². The third-order valence-electron chi connectivity index (χ3n) is 7.79. The van der Waals surface area contributed by atoms with Crippen LogP contribution in [0, 0.1) is 0 Å². The average molecular weight is 567 g/mol. The molecule has 3 rings (SSSR count). The fourth-order valence-corrected chi connectivity index (χ4v) is 5.47. The monoisotopic (exact) mass is 566 g/mol. The fourth-order valence-electron chi connectivity index (χ4n) is 5.47. The summed E-state index contributed by atoms with van der Waals surface area (Å²) in [7, 11) is 1.28. The van der Waals surface area contributed by atoms with Gasteiger partial charge in [0.1, 0.15) is 24.4 Å². The lowest BCUT2D eigenvalue weighted by atomic mass is 9.86. The Hall–Kier alpha value is -2.40. The van der Waals surface area contributed by atoms with Crippen molar-refractivity contribution < 1.29 is 49.0 Å². The third kappa shape index (κ3) is 8.09. The van der Waals surface area contributed by atoms with E-state index in [1.807, 2.05) is 0 Å². The highest BCUT2D eigenvalue weighted by atomic mass is 16.6. The molecule has 10 heteroatoms. The molecular weight excluding hydrogens is 520 g/mol. The first-order chi connectivity index (χ1) is 19.3. The molecule has 1 aromatic carbocycles. The van der Waals surface area contributed by atoms with E-state index in [1.54, 1.807) is 0 Å². The summed E-state index contributed by atoms with van der Waals surface area (Å²) in [4.78, 5) is 25.3. The Morgan fingerprint density at radius 1 is 0.925 bits per heavy atom. The lowest BCUT2D eigenvalue weighted by Crippen LogP contribution is -2.58. The molecule has 4 N–H and O–H groups in total. The number of esters is 2. The second-order valence-electron chi connectivity index (χ2n) is 10.8. The van der Waals surface area contributed by atoms with Crippen LogP contribution in [0.3, 0.4) is 0 Å². The van der Waals surface area contributed by atoms with Crippen molar-refractivity contribution in [2.24, 2.45) is 0 Å². The van der Waals surface area contributed by atoms with E-state index in [0.29, 0.717) is 6.42 Å². The molecule has 40 heavy (non-hydrogen) atoms. The number of hydrogen-bond acceptors (Lipinski definition) is 10. The number of benzene rings is 1. The van der Waals surface area contributed by atoms with Crippen molar-refractivity contribution in [1.29, 1.82) is 0 Å². The predicted molar refractivity (Wildman–Crippen MR) is 147 cm³/mol. The topological polar surface area (TPSA) is 152 Å². The van der Waals surface area contributed by atoms with Crippen LogP contribution in [0.4, 0.5) is 0 Å². The number of unbranched alkanes of at least 4 members (excludes halogenated alkanes) is 12. The number of hydrogen-bond donors (Lipinski definition) is 4. The predicted octanol–water partition coefficient (Wildman–Crippen LogP) is 4.48. The number of phenols is 1. The molecule has 1 aromatic rings. The number of carbonyl (C=O) groups excluding carboxylic acids is 2. The van der Waals surface area contributed by atoms with Crippen LogP contribution in [0.25, 0.3) is 0 Å². The minimum atomic E-state index is -1.55. The molecule has 10 nitrogen and oxygen atoms in total. The summed E-state index contributed by atoms with van der Waals surface area (Å²) in [6.07, 6.45) is 9.00. The molecule has 1 fully saturated rings. The number of methoxy groups -OCH3 is 1. The van der Waals surface area contributed by atoms with E-state index < -0.39 is 54.8 Å². The van der Waals surface area contributed by atoms with Crippen LogP contribution in [0.15, 0.2) is 6.07 Å². The van der Waals surface area contributed by atoms with E-state index in [9.17, 15) is 30.0 Å². The van der Waals surface area contributed by atoms with Crippen molar-refractivity contribution in [3.63, 3.8) is 0 Å². The second-order valence-corrected chi connectivity index (χ2v) is 10.8. The minimum Gasteiger partial charge on any atom is -0.504 e. The van der Waals surface area contributed by atoms with Crippen molar-refractivity contribution >= 4 is 11.9 Å². The van der Waals surface area contributed by atoms with Crippen molar-refractivity contribution in [3.05, 3.63) is 17.2 Å². The normalized spacial score (nSPS) is 23.7. The number of carbonyl (C=O) groups is 2. The fraction of sp³-hybridized carbons (Fsp3) is 0.733. The molecule has 2 aliphatic rings. The summed E-state index contributed by atoms with van der Waals surface area (Å²) in [6.45, 7) is 1.63. The molecule has 0 radical (unpaired) electrons. The summed E-state index contributed by atoms with van der Waals surface area (Å²) in [5.74, 6) is -2.22. The molecule has 0 aliphatic carbocycles. The number of fused-ring (bicyclic) bond motifs is 3. The Bertz CT molecular complexity index is 964. The van der Waals surface area contributed by atoms with E-state index in [-0.39, 0.29) is 29.0 Å². The number of phenolic OH excluding ortho intramolecular Hbond substituents is 1. The van der Waals surface area contributed by atoms with Crippen LogP contribution < -0.4 is 9.47 Å². The largest absolute Gasteiger partial charge is 0.504 e. The summed E-state index contributed by atoms with van der Waals surface area (Å²) in [5, 5.41) is 41.1. The van der Waals surface area contributed by atoms with Gasteiger partial charge in [-0.3, -0.25) is 4.79 Å². The number of aromatic hydroxyl groups is 1. The van der Waals surface area contributed by atoms with Gasteiger partial charge < -0.3 is 39.4 Å². The Kier molecular flexibility index (Phi) is 13.0. The molecule has 5 atom stereocenters. The van der Waals surface area contributed by atoms with Crippen LogP contribution in [0.2, 0.25) is 0 Å². The molecule has 0 aromatic heterocycles. The standard InChI is InChI=1S/C30H46O10/c1-3-4-5-6-7-8-9-10-11-12-13-14-15-16-22(32)38-20-17-19-23(25(34)27(20)37-2)28-29(40-30(19)36)26(35)24(33)21(18-31)39-28/h17,21,24,26,28-29,31,33-35H,3-16,18H2,1-2H3. The third-order valence-corrected chi connectivity index (χ3v) is 7.79. The molecule has 226 valence electrons. The first-order valence-corrected chi connectivity index (χ1v) is 14.8. The molecule has 0 saturated carbocycles. The Balaban J connectivity index is 1.49.